The molecule has 0 bridgehead atoms. The fourth-order valence-corrected chi connectivity index (χ4v) is 3.37. The van der Waals surface area contributed by atoms with Crippen LogP contribution in [0, 0.1) is 5.92 Å². The molecular weight excluding hydrogens is 310 g/mol. The molecule has 1 amide bonds. The SMILES string of the molecule is CCc1nsc(N2CCCN(C(=O)C3CNC3)CC2)n1.Cl. The predicted octanol–water partition coefficient (Wildman–Crippen LogP) is 0.780. The van der Waals surface area contributed by atoms with Crippen LogP contribution in [0.2, 0.25) is 0 Å². The lowest BCUT2D eigenvalue weighted by atomic mass is 10.0. The number of anilines is 1. The number of hydrogen-bond donors (Lipinski definition) is 1. The molecule has 3 heterocycles. The maximum Gasteiger partial charge on any atom is 0.228 e. The standard InChI is InChI=1S/C13H21N5OS.ClH/c1-2-11-15-13(20-16-11)18-5-3-4-17(6-7-18)12(19)10-8-14-9-10;/h10,14H,2-9H2,1H3;1H. The van der Waals surface area contributed by atoms with Gasteiger partial charge in [0, 0.05) is 57.2 Å². The Balaban J connectivity index is 0.00000161. The number of aryl methyl sites for hydroxylation is 1. The van der Waals surface area contributed by atoms with Gasteiger partial charge in [-0.25, -0.2) is 4.98 Å². The molecule has 0 saturated carbocycles. The number of hydrogen-bond acceptors (Lipinski definition) is 6. The van der Waals surface area contributed by atoms with E-state index in [1.165, 1.54) is 11.5 Å². The van der Waals surface area contributed by atoms with E-state index in [4.69, 9.17) is 0 Å². The summed E-state index contributed by atoms with van der Waals surface area (Å²) in [7, 11) is 0. The Kier molecular flexibility index (Phi) is 5.78. The van der Waals surface area contributed by atoms with E-state index in [9.17, 15) is 4.79 Å². The number of carbonyl (C=O) groups excluding carboxylic acids is 1. The molecule has 0 radical (unpaired) electrons. The van der Waals surface area contributed by atoms with Crippen LogP contribution in [0.1, 0.15) is 19.2 Å². The molecule has 2 aliphatic heterocycles. The van der Waals surface area contributed by atoms with Crippen molar-refractivity contribution >= 4 is 35.0 Å². The van der Waals surface area contributed by atoms with Crippen LogP contribution in [0.25, 0.3) is 0 Å². The number of nitrogens with zero attached hydrogens (tertiary/aromatic N) is 4. The van der Waals surface area contributed by atoms with E-state index in [1.807, 2.05) is 4.90 Å². The number of carbonyl (C=O) groups is 1. The van der Waals surface area contributed by atoms with Crippen molar-refractivity contribution in [3.8, 4) is 0 Å². The summed E-state index contributed by atoms with van der Waals surface area (Å²) in [5.74, 6) is 1.44. The zero-order valence-corrected chi connectivity index (χ0v) is 13.9. The Morgan fingerprint density at radius 3 is 2.76 bits per heavy atom. The van der Waals surface area contributed by atoms with Gasteiger partial charge in [-0.2, -0.15) is 4.37 Å². The summed E-state index contributed by atoms with van der Waals surface area (Å²) in [5, 5.41) is 4.17. The highest BCUT2D eigenvalue weighted by Crippen LogP contribution is 2.20. The quantitative estimate of drug-likeness (QED) is 0.887. The maximum absolute atomic E-state index is 12.3. The van der Waals surface area contributed by atoms with Gasteiger partial charge in [-0.3, -0.25) is 4.79 Å². The summed E-state index contributed by atoms with van der Waals surface area (Å²) in [6.07, 6.45) is 1.89. The maximum atomic E-state index is 12.3. The number of rotatable bonds is 3. The zero-order chi connectivity index (χ0) is 13.9. The van der Waals surface area contributed by atoms with Crippen molar-refractivity contribution < 1.29 is 4.79 Å². The first-order chi connectivity index (χ1) is 9.78. The molecule has 3 rings (SSSR count). The lowest BCUT2D eigenvalue weighted by Gasteiger charge is -2.31. The van der Waals surface area contributed by atoms with Crippen molar-refractivity contribution in [3.05, 3.63) is 5.82 Å². The summed E-state index contributed by atoms with van der Waals surface area (Å²) < 4.78 is 4.35. The van der Waals surface area contributed by atoms with Crippen molar-refractivity contribution in [3.63, 3.8) is 0 Å². The normalized spacial score (nSPS) is 19.7. The largest absolute Gasteiger partial charge is 0.345 e. The average Bonchev–Trinajstić information content (AvgIpc) is 2.73. The van der Waals surface area contributed by atoms with E-state index >= 15 is 0 Å². The van der Waals surface area contributed by atoms with E-state index in [0.717, 1.165) is 63.1 Å². The summed E-state index contributed by atoms with van der Waals surface area (Å²) in [6, 6.07) is 0. The second kappa shape index (κ2) is 7.38. The third kappa shape index (κ3) is 3.64. The van der Waals surface area contributed by atoms with Gasteiger partial charge in [0.15, 0.2) is 0 Å². The molecular formula is C13H22ClN5OS. The summed E-state index contributed by atoms with van der Waals surface area (Å²) >= 11 is 1.47. The van der Waals surface area contributed by atoms with Gasteiger partial charge in [-0.05, 0) is 6.42 Å². The van der Waals surface area contributed by atoms with Crippen LogP contribution in [-0.4, -0.2) is 59.4 Å². The molecule has 1 aromatic rings. The molecule has 0 aliphatic carbocycles. The second-order valence-corrected chi connectivity index (χ2v) is 6.10. The van der Waals surface area contributed by atoms with E-state index in [0.29, 0.717) is 5.91 Å². The van der Waals surface area contributed by atoms with Gasteiger partial charge in [0.2, 0.25) is 11.0 Å². The van der Waals surface area contributed by atoms with Crippen LogP contribution >= 0.6 is 23.9 Å². The summed E-state index contributed by atoms with van der Waals surface area (Å²) in [4.78, 5) is 21.1. The van der Waals surface area contributed by atoms with Crippen molar-refractivity contribution in [1.29, 1.82) is 0 Å². The van der Waals surface area contributed by atoms with E-state index in [2.05, 4.69) is 26.5 Å². The fourth-order valence-electron chi connectivity index (χ4n) is 2.57. The Bertz CT molecular complexity index is 479. The number of aromatic nitrogens is 2. The van der Waals surface area contributed by atoms with Crippen LogP contribution in [-0.2, 0) is 11.2 Å². The smallest absolute Gasteiger partial charge is 0.228 e. The topological polar surface area (TPSA) is 61.4 Å². The second-order valence-electron chi connectivity index (χ2n) is 5.37. The number of halogens is 1. The van der Waals surface area contributed by atoms with Crippen LogP contribution in [0.5, 0.6) is 0 Å². The third-order valence-corrected chi connectivity index (χ3v) is 4.80. The van der Waals surface area contributed by atoms with Gasteiger partial charge in [0.25, 0.3) is 0 Å². The molecule has 2 saturated heterocycles. The molecule has 118 valence electrons. The van der Waals surface area contributed by atoms with Crippen LogP contribution in [0.15, 0.2) is 0 Å². The lowest BCUT2D eigenvalue weighted by molar-refractivity contribution is -0.136. The molecule has 8 heteroatoms. The highest BCUT2D eigenvalue weighted by Gasteiger charge is 2.30. The first-order valence-electron chi connectivity index (χ1n) is 7.35. The van der Waals surface area contributed by atoms with Gasteiger partial charge in [0.1, 0.15) is 5.82 Å². The fraction of sp³-hybridized carbons (Fsp3) is 0.769. The van der Waals surface area contributed by atoms with Crippen LogP contribution in [0.4, 0.5) is 5.13 Å². The molecule has 0 spiro atoms. The van der Waals surface area contributed by atoms with Gasteiger partial charge < -0.3 is 15.1 Å². The number of amides is 1. The number of nitrogens with one attached hydrogen (secondary N) is 1. The van der Waals surface area contributed by atoms with E-state index in [-0.39, 0.29) is 18.3 Å². The molecule has 2 aliphatic rings. The van der Waals surface area contributed by atoms with Crippen molar-refractivity contribution in [2.24, 2.45) is 5.92 Å². The van der Waals surface area contributed by atoms with E-state index in [1.54, 1.807) is 0 Å². The monoisotopic (exact) mass is 331 g/mol. The Morgan fingerprint density at radius 2 is 2.14 bits per heavy atom. The molecule has 21 heavy (non-hydrogen) atoms. The highest BCUT2D eigenvalue weighted by atomic mass is 35.5. The Morgan fingerprint density at radius 1 is 1.33 bits per heavy atom. The first kappa shape index (κ1) is 16.5. The van der Waals surface area contributed by atoms with E-state index < -0.39 is 0 Å². The summed E-state index contributed by atoms with van der Waals surface area (Å²) in [6.45, 7) is 7.25. The zero-order valence-electron chi connectivity index (χ0n) is 12.2. The Hall–Kier alpha value is -0.920. The molecule has 0 atom stereocenters. The minimum Gasteiger partial charge on any atom is -0.345 e. The van der Waals surface area contributed by atoms with Crippen LogP contribution in [0.3, 0.4) is 0 Å². The van der Waals surface area contributed by atoms with Crippen molar-refractivity contribution in [2.75, 3.05) is 44.2 Å². The highest BCUT2D eigenvalue weighted by molar-refractivity contribution is 7.09. The van der Waals surface area contributed by atoms with Gasteiger partial charge in [-0.1, -0.05) is 6.92 Å². The molecule has 1 N–H and O–H groups in total. The van der Waals surface area contributed by atoms with Gasteiger partial charge >= 0.3 is 0 Å². The summed E-state index contributed by atoms with van der Waals surface area (Å²) in [5.41, 5.74) is 0. The minimum atomic E-state index is 0. The minimum absolute atomic E-state index is 0. The Labute approximate surface area is 135 Å². The van der Waals surface area contributed by atoms with Gasteiger partial charge in [-0.15, -0.1) is 12.4 Å². The van der Waals surface area contributed by atoms with Gasteiger partial charge in [0.05, 0.1) is 5.92 Å². The first-order valence-corrected chi connectivity index (χ1v) is 8.12. The lowest BCUT2D eigenvalue weighted by Crippen LogP contribution is -2.52. The molecule has 0 unspecified atom stereocenters. The molecule has 1 aromatic heterocycles. The molecule has 0 aromatic carbocycles. The van der Waals surface area contributed by atoms with Crippen molar-refractivity contribution in [1.82, 2.24) is 19.6 Å². The van der Waals surface area contributed by atoms with Crippen LogP contribution < -0.4 is 10.2 Å². The predicted molar refractivity (Wildman–Crippen MR) is 86.3 cm³/mol. The van der Waals surface area contributed by atoms with Crippen molar-refractivity contribution in [2.45, 2.75) is 19.8 Å². The average molecular weight is 332 g/mol. The third-order valence-electron chi connectivity index (χ3n) is 3.98. The molecule has 2 fully saturated rings. The molecule has 6 nitrogen and oxygen atoms in total.